The van der Waals surface area contributed by atoms with Crippen molar-refractivity contribution in [2.75, 3.05) is 0 Å². The number of hydrogen-bond donors (Lipinski definition) is 0. The van der Waals surface area contributed by atoms with Crippen molar-refractivity contribution in [2.45, 2.75) is 0 Å². The Morgan fingerprint density at radius 2 is 0.704 bits per heavy atom. The van der Waals surface area contributed by atoms with E-state index >= 15 is 0 Å². The number of fused-ring (bicyclic) bond motifs is 16. The highest BCUT2D eigenvalue weighted by Gasteiger charge is 2.27. The third-order valence-electron chi connectivity index (χ3n) is 11.6. The molecule has 0 saturated heterocycles. The van der Waals surface area contributed by atoms with Crippen LogP contribution in [-0.4, -0.2) is 9.13 Å². The number of hydrogen-bond acceptors (Lipinski definition) is 0. The summed E-state index contributed by atoms with van der Waals surface area (Å²) in [4.78, 5) is 0. The molecule has 12 aromatic rings. The van der Waals surface area contributed by atoms with Gasteiger partial charge in [-0.2, -0.15) is 0 Å². The quantitative estimate of drug-likeness (QED) is 0.164. The first-order valence-corrected chi connectivity index (χ1v) is 18.7. The second-order valence-corrected chi connectivity index (χ2v) is 14.4. The topological polar surface area (TPSA) is 9.86 Å². The average molecular weight is 685 g/mol. The molecule has 2 heterocycles. The molecule has 0 bridgehead atoms. The third-order valence-corrected chi connectivity index (χ3v) is 11.6. The molecular weight excluding hydrogens is 653 g/mol. The highest BCUT2D eigenvalue weighted by molar-refractivity contribution is 6.45. The van der Waals surface area contributed by atoms with E-state index in [-0.39, 0.29) is 0 Å². The van der Waals surface area contributed by atoms with Crippen molar-refractivity contribution in [1.29, 1.82) is 0 Å². The molecule has 2 aromatic heterocycles. The molecule has 54 heavy (non-hydrogen) atoms. The van der Waals surface area contributed by atoms with Crippen molar-refractivity contribution in [2.24, 2.45) is 0 Å². The zero-order chi connectivity index (χ0) is 35.3. The second kappa shape index (κ2) is 11.2. The van der Waals surface area contributed by atoms with Crippen LogP contribution in [0.5, 0.6) is 0 Å². The minimum Gasteiger partial charge on any atom is -0.307 e. The summed E-state index contributed by atoms with van der Waals surface area (Å²) in [6, 6.07) is 71.4. The van der Waals surface area contributed by atoms with E-state index in [0.29, 0.717) is 0 Å². The molecule has 2 heteroatoms. The Morgan fingerprint density at radius 3 is 1.33 bits per heavy atom. The minimum absolute atomic E-state index is 1.14. The van der Waals surface area contributed by atoms with Gasteiger partial charge in [0.2, 0.25) is 0 Å². The molecule has 12 rings (SSSR count). The molecular formula is C52H32N2. The summed E-state index contributed by atoms with van der Waals surface area (Å²) >= 11 is 0. The first kappa shape index (κ1) is 29.4. The average Bonchev–Trinajstić information content (AvgIpc) is 3.77. The Balaban J connectivity index is 1.40. The van der Waals surface area contributed by atoms with Crippen LogP contribution in [0.1, 0.15) is 0 Å². The maximum Gasteiger partial charge on any atom is 0.0795 e. The van der Waals surface area contributed by atoms with Gasteiger partial charge in [0.25, 0.3) is 0 Å². The van der Waals surface area contributed by atoms with Gasteiger partial charge >= 0.3 is 0 Å². The summed E-state index contributed by atoms with van der Waals surface area (Å²) in [5.41, 5.74) is 9.58. The van der Waals surface area contributed by atoms with Crippen LogP contribution in [0.4, 0.5) is 0 Å². The fourth-order valence-electron chi connectivity index (χ4n) is 9.45. The molecule has 0 unspecified atom stereocenters. The van der Waals surface area contributed by atoms with Crippen molar-refractivity contribution >= 4 is 86.7 Å². The highest BCUT2D eigenvalue weighted by Crippen LogP contribution is 2.51. The van der Waals surface area contributed by atoms with E-state index in [1.165, 1.54) is 104 Å². The monoisotopic (exact) mass is 684 g/mol. The van der Waals surface area contributed by atoms with Gasteiger partial charge in [-0.05, 0) is 68.4 Å². The van der Waals surface area contributed by atoms with E-state index in [2.05, 4.69) is 203 Å². The van der Waals surface area contributed by atoms with E-state index < -0.39 is 0 Å². The lowest BCUT2D eigenvalue weighted by Gasteiger charge is -2.17. The smallest absolute Gasteiger partial charge is 0.0795 e. The van der Waals surface area contributed by atoms with Crippen LogP contribution < -0.4 is 0 Å². The lowest BCUT2D eigenvalue weighted by Crippen LogP contribution is -2.00. The van der Waals surface area contributed by atoms with E-state index in [0.717, 1.165) is 5.69 Å². The van der Waals surface area contributed by atoms with Crippen molar-refractivity contribution in [1.82, 2.24) is 9.13 Å². The van der Waals surface area contributed by atoms with Gasteiger partial charge in [-0.1, -0.05) is 164 Å². The minimum atomic E-state index is 1.14. The molecule has 0 aliphatic carbocycles. The fraction of sp³-hybridized carbons (Fsp3) is 0. The molecule has 0 aliphatic rings. The molecule has 0 saturated carbocycles. The SMILES string of the molecule is c1ccc(-c2ccc(-n3c4ccccc4c4c5c6ccccc6c6ccccc6c5c5c6ccccc6n(-c6cccc7ccccc67)c5c43)cc2)cc1. The van der Waals surface area contributed by atoms with Crippen LogP contribution in [0, 0.1) is 0 Å². The normalized spacial score (nSPS) is 12.1. The standard InChI is InChI=1S/C52H32N2/c1-2-15-33(16-3-1)34-29-31-36(32-30-34)53-45-26-12-10-24-42(45)49-47-40-22-8-6-20-38(40)39-21-7-9-23-41(39)48(47)50-43-25-11-13-27-46(43)54(52(50)51(49)53)44-28-14-18-35-17-4-5-19-37(35)44/h1-32H. The van der Waals surface area contributed by atoms with Gasteiger partial charge < -0.3 is 9.13 Å². The number of rotatable bonds is 3. The predicted octanol–water partition coefficient (Wildman–Crippen LogP) is 14.2. The molecule has 10 aromatic carbocycles. The highest BCUT2D eigenvalue weighted by atomic mass is 15.0. The number of para-hydroxylation sites is 2. The maximum atomic E-state index is 2.56. The van der Waals surface area contributed by atoms with Crippen LogP contribution >= 0.6 is 0 Å². The molecule has 0 amide bonds. The van der Waals surface area contributed by atoms with E-state index in [9.17, 15) is 0 Å². The Hall–Kier alpha value is -7.16. The second-order valence-electron chi connectivity index (χ2n) is 14.4. The van der Waals surface area contributed by atoms with Gasteiger partial charge in [0.15, 0.2) is 0 Å². The van der Waals surface area contributed by atoms with Gasteiger partial charge in [-0.15, -0.1) is 0 Å². The number of nitrogens with zero attached hydrogens (tertiary/aromatic N) is 2. The van der Waals surface area contributed by atoms with Gasteiger partial charge in [-0.3, -0.25) is 0 Å². The summed E-state index contributed by atoms with van der Waals surface area (Å²) in [6.45, 7) is 0. The molecule has 250 valence electrons. The zero-order valence-electron chi connectivity index (χ0n) is 29.4. The lowest BCUT2D eigenvalue weighted by atomic mass is 9.89. The Kier molecular flexibility index (Phi) is 6.09. The van der Waals surface area contributed by atoms with Crippen LogP contribution in [-0.2, 0) is 0 Å². The molecule has 0 fully saturated rings. The van der Waals surface area contributed by atoms with Gasteiger partial charge in [0.1, 0.15) is 0 Å². The van der Waals surface area contributed by atoms with Crippen molar-refractivity contribution in [3.05, 3.63) is 194 Å². The largest absolute Gasteiger partial charge is 0.307 e. The Morgan fingerprint density at radius 1 is 0.259 bits per heavy atom. The van der Waals surface area contributed by atoms with Gasteiger partial charge in [0, 0.05) is 43.4 Å². The summed E-state index contributed by atoms with van der Waals surface area (Å²) in [6.07, 6.45) is 0. The van der Waals surface area contributed by atoms with E-state index in [4.69, 9.17) is 0 Å². The van der Waals surface area contributed by atoms with E-state index in [1.807, 2.05) is 0 Å². The number of benzene rings is 10. The fourth-order valence-corrected chi connectivity index (χ4v) is 9.45. The molecule has 0 atom stereocenters. The summed E-state index contributed by atoms with van der Waals surface area (Å²) in [5.74, 6) is 0. The van der Waals surface area contributed by atoms with Crippen molar-refractivity contribution in [3.63, 3.8) is 0 Å². The summed E-state index contributed by atoms with van der Waals surface area (Å²) in [5, 5.41) is 15.3. The molecule has 2 nitrogen and oxygen atoms in total. The molecule has 0 aliphatic heterocycles. The summed E-state index contributed by atoms with van der Waals surface area (Å²) in [7, 11) is 0. The summed E-state index contributed by atoms with van der Waals surface area (Å²) < 4.78 is 5.10. The van der Waals surface area contributed by atoms with E-state index in [1.54, 1.807) is 0 Å². The molecule has 0 spiro atoms. The van der Waals surface area contributed by atoms with Gasteiger partial charge in [0.05, 0.1) is 27.8 Å². The Labute approximate surface area is 311 Å². The first-order chi connectivity index (χ1) is 26.8. The van der Waals surface area contributed by atoms with Crippen LogP contribution in [0.3, 0.4) is 0 Å². The first-order valence-electron chi connectivity index (χ1n) is 18.7. The maximum absolute atomic E-state index is 2.56. The molecule has 0 radical (unpaired) electrons. The Bertz CT molecular complexity index is 3470. The lowest BCUT2D eigenvalue weighted by molar-refractivity contribution is 1.16. The third kappa shape index (κ3) is 3.94. The number of aromatic nitrogens is 2. The van der Waals surface area contributed by atoms with Gasteiger partial charge in [-0.25, -0.2) is 0 Å². The van der Waals surface area contributed by atoms with Crippen LogP contribution in [0.15, 0.2) is 194 Å². The zero-order valence-corrected chi connectivity index (χ0v) is 29.4. The van der Waals surface area contributed by atoms with Crippen LogP contribution in [0.25, 0.3) is 109 Å². The van der Waals surface area contributed by atoms with Crippen LogP contribution in [0.2, 0.25) is 0 Å². The predicted molar refractivity (Wildman–Crippen MR) is 231 cm³/mol. The van der Waals surface area contributed by atoms with Crippen molar-refractivity contribution in [3.8, 4) is 22.5 Å². The molecule has 0 N–H and O–H groups in total. The van der Waals surface area contributed by atoms with Crippen molar-refractivity contribution < 1.29 is 0 Å².